The molecular formula is C19H26N4O2. The summed E-state index contributed by atoms with van der Waals surface area (Å²) in [6.45, 7) is 4.40. The van der Waals surface area contributed by atoms with Crippen molar-refractivity contribution in [2.45, 2.75) is 32.5 Å². The highest BCUT2D eigenvalue weighted by Crippen LogP contribution is 2.34. The highest BCUT2D eigenvalue weighted by atomic mass is 16.5. The quantitative estimate of drug-likeness (QED) is 0.624. The molecule has 0 saturated carbocycles. The molecule has 0 amide bonds. The zero-order valence-electron chi connectivity index (χ0n) is 15.1. The Kier molecular flexibility index (Phi) is 5.48. The number of nitrogens with one attached hydrogen (secondary N) is 2. The van der Waals surface area contributed by atoms with Gasteiger partial charge in [0, 0.05) is 56.6 Å². The summed E-state index contributed by atoms with van der Waals surface area (Å²) in [5.41, 5.74) is 2.27. The Labute approximate surface area is 148 Å². The second-order valence-corrected chi connectivity index (χ2v) is 6.18. The Morgan fingerprint density at radius 3 is 2.84 bits per heavy atom. The maximum Gasteiger partial charge on any atom is 0.191 e. The van der Waals surface area contributed by atoms with Gasteiger partial charge in [-0.05, 0) is 31.2 Å². The molecular weight excluding hydrogens is 316 g/mol. The van der Waals surface area contributed by atoms with Gasteiger partial charge in [0.2, 0.25) is 0 Å². The van der Waals surface area contributed by atoms with Gasteiger partial charge in [-0.15, -0.1) is 0 Å². The molecule has 25 heavy (non-hydrogen) atoms. The molecule has 0 saturated heterocycles. The summed E-state index contributed by atoms with van der Waals surface area (Å²) in [4.78, 5) is 4.28. The fraction of sp³-hybridized carbons (Fsp3) is 0.421. The van der Waals surface area contributed by atoms with Crippen molar-refractivity contribution in [1.29, 1.82) is 0 Å². The molecule has 2 aromatic rings. The van der Waals surface area contributed by atoms with E-state index in [1.807, 2.05) is 24.5 Å². The number of fused-ring (bicyclic) bond motifs is 1. The topological polar surface area (TPSA) is 59.8 Å². The number of aliphatic imine (C=N–C) groups is 1. The van der Waals surface area contributed by atoms with E-state index in [0.717, 1.165) is 42.5 Å². The van der Waals surface area contributed by atoms with Gasteiger partial charge in [0.1, 0.15) is 17.6 Å². The second kappa shape index (κ2) is 7.96. The molecule has 2 heterocycles. The van der Waals surface area contributed by atoms with Gasteiger partial charge in [-0.3, -0.25) is 4.99 Å². The van der Waals surface area contributed by atoms with Crippen molar-refractivity contribution >= 4 is 5.96 Å². The van der Waals surface area contributed by atoms with E-state index in [-0.39, 0.29) is 6.10 Å². The van der Waals surface area contributed by atoms with Crippen LogP contribution in [0.2, 0.25) is 0 Å². The summed E-state index contributed by atoms with van der Waals surface area (Å²) < 4.78 is 13.5. The maximum absolute atomic E-state index is 5.85. The monoisotopic (exact) mass is 342 g/mol. The minimum absolute atomic E-state index is 0.228. The van der Waals surface area contributed by atoms with E-state index in [4.69, 9.17) is 9.47 Å². The van der Waals surface area contributed by atoms with Gasteiger partial charge in [0.25, 0.3) is 0 Å². The van der Waals surface area contributed by atoms with Crippen LogP contribution in [0.4, 0.5) is 0 Å². The van der Waals surface area contributed by atoms with Crippen molar-refractivity contribution in [3.05, 3.63) is 47.8 Å². The first-order valence-electron chi connectivity index (χ1n) is 8.61. The molecule has 0 radical (unpaired) electrons. The van der Waals surface area contributed by atoms with Crippen LogP contribution in [0.15, 0.2) is 41.7 Å². The standard InChI is InChI=1S/C19H26N4O2/c1-14-10-15-11-17(24-3)16(12-18(15)25-14)13-22-19(20-2)21-6-9-23-7-4-5-8-23/h4-5,7-8,11-12,14H,6,9-10,13H2,1-3H3,(H2,20,21,22). The van der Waals surface area contributed by atoms with E-state index in [1.165, 1.54) is 5.56 Å². The van der Waals surface area contributed by atoms with Gasteiger partial charge >= 0.3 is 0 Å². The molecule has 1 aromatic carbocycles. The number of methoxy groups -OCH3 is 1. The Morgan fingerprint density at radius 2 is 2.12 bits per heavy atom. The first-order chi connectivity index (χ1) is 12.2. The van der Waals surface area contributed by atoms with Crippen LogP contribution in [-0.2, 0) is 19.5 Å². The molecule has 134 valence electrons. The van der Waals surface area contributed by atoms with Gasteiger partial charge in [0.15, 0.2) is 5.96 Å². The highest BCUT2D eigenvalue weighted by molar-refractivity contribution is 5.79. The Balaban J connectivity index is 1.57. The number of nitrogens with zero attached hydrogens (tertiary/aromatic N) is 2. The van der Waals surface area contributed by atoms with Crippen LogP contribution in [0.5, 0.6) is 11.5 Å². The lowest BCUT2D eigenvalue weighted by Crippen LogP contribution is -2.38. The SMILES string of the molecule is CN=C(NCCn1cccc1)NCc1cc2c(cc1OC)CC(C)O2. The van der Waals surface area contributed by atoms with Crippen molar-refractivity contribution < 1.29 is 9.47 Å². The number of guanidine groups is 1. The molecule has 3 rings (SSSR count). The minimum Gasteiger partial charge on any atom is -0.496 e. The molecule has 1 aliphatic rings. The van der Waals surface area contributed by atoms with E-state index < -0.39 is 0 Å². The molecule has 0 aliphatic carbocycles. The lowest BCUT2D eigenvalue weighted by Gasteiger charge is -2.15. The molecule has 1 unspecified atom stereocenters. The summed E-state index contributed by atoms with van der Waals surface area (Å²) in [5, 5.41) is 6.66. The Hall–Kier alpha value is -2.63. The van der Waals surface area contributed by atoms with Crippen molar-refractivity contribution in [2.24, 2.45) is 4.99 Å². The third-order valence-electron chi connectivity index (χ3n) is 4.30. The summed E-state index contributed by atoms with van der Waals surface area (Å²) in [5.74, 6) is 2.61. The molecule has 0 bridgehead atoms. The van der Waals surface area contributed by atoms with Crippen molar-refractivity contribution in [3.8, 4) is 11.5 Å². The molecule has 1 aromatic heterocycles. The maximum atomic E-state index is 5.85. The third-order valence-corrected chi connectivity index (χ3v) is 4.30. The Bertz CT molecular complexity index is 725. The fourth-order valence-corrected chi connectivity index (χ4v) is 3.03. The number of benzene rings is 1. The zero-order chi connectivity index (χ0) is 17.6. The van der Waals surface area contributed by atoms with Gasteiger partial charge in [-0.1, -0.05) is 0 Å². The van der Waals surface area contributed by atoms with Crippen molar-refractivity contribution in [2.75, 3.05) is 20.7 Å². The van der Waals surface area contributed by atoms with E-state index in [2.05, 4.69) is 39.2 Å². The highest BCUT2D eigenvalue weighted by Gasteiger charge is 2.21. The van der Waals surface area contributed by atoms with Crippen LogP contribution >= 0.6 is 0 Å². The third kappa shape index (κ3) is 4.26. The molecule has 0 spiro atoms. The molecule has 6 nitrogen and oxygen atoms in total. The summed E-state index contributed by atoms with van der Waals surface area (Å²) >= 11 is 0. The smallest absolute Gasteiger partial charge is 0.191 e. The van der Waals surface area contributed by atoms with Crippen LogP contribution in [0.1, 0.15) is 18.1 Å². The number of aromatic nitrogens is 1. The number of ether oxygens (including phenoxy) is 2. The van der Waals surface area contributed by atoms with E-state index in [9.17, 15) is 0 Å². The van der Waals surface area contributed by atoms with Crippen LogP contribution in [-0.4, -0.2) is 37.3 Å². The van der Waals surface area contributed by atoms with Crippen molar-refractivity contribution in [3.63, 3.8) is 0 Å². The average Bonchev–Trinajstić information content (AvgIpc) is 3.25. The predicted molar refractivity (Wildman–Crippen MR) is 99.4 cm³/mol. The van der Waals surface area contributed by atoms with Crippen LogP contribution in [0.25, 0.3) is 0 Å². The first-order valence-corrected chi connectivity index (χ1v) is 8.61. The van der Waals surface area contributed by atoms with Crippen LogP contribution in [0, 0.1) is 0 Å². The molecule has 1 aliphatic heterocycles. The van der Waals surface area contributed by atoms with Gasteiger partial charge in [-0.2, -0.15) is 0 Å². The predicted octanol–water partition coefficient (Wildman–Crippen LogP) is 2.19. The minimum atomic E-state index is 0.228. The number of hydrogen-bond acceptors (Lipinski definition) is 3. The van der Waals surface area contributed by atoms with E-state index in [0.29, 0.717) is 6.54 Å². The lowest BCUT2D eigenvalue weighted by molar-refractivity contribution is 0.254. The van der Waals surface area contributed by atoms with Crippen LogP contribution in [0.3, 0.4) is 0 Å². The number of hydrogen-bond donors (Lipinski definition) is 2. The molecule has 0 fully saturated rings. The first kappa shape index (κ1) is 17.2. The summed E-state index contributed by atoms with van der Waals surface area (Å²) in [7, 11) is 3.48. The molecule has 1 atom stereocenters. The van der Waals surface area contributed by atoms with E-state index in [1.54, 1.807) is 14.2 Å². The van der Waals surface area contributed by atoms with Crippen molar-refractivity contribution in [1.82, 2.24) is 15.2 Å². The van der Waals surface area contributed by atoms with Gasteiger partial charge in [0.05, 0.1) is 7.11 Å². The number of rotatable bonds is 6. The largest absolute Gasteiger partial charge is 0.496 e. The summed E-state index contributed by atoms with van der Waals surface area (Å²) in [6, 6.07) is 8.20. The second-order valence-electron chi connectivity index (χ2n) is 6.18. The lowest BCUT2D eigenvalue weighted by atomic mass is 10.1. The van der Waals surface area contributed by atoms with Gasteiger partial charge < -0.3 is 24.7 Å². The van der Waals surface area contributed by atoms with E-state index >= 15 is 0 Å². The normalized spacial score (nSPS) is 16.3. The van der Waals surface area contributed by atoms with Gasteiger partial charge in [-0.25, -0.2) is 0 Å². The van der Waals surface area contributed by atoms with Crippen LogP contribution < -0.4 is 20.1 Å². The molecule has 6 heteroatoms. The summed E-state index contributed by atoms with van der Waals surface area (Å²) in [6.07, 6.45) is 5.26. The Morgan fingerprint density at radius 1 is 1.32 bits per heavy atom. The zero-order valence-corrected chi connectivity index (χ0v) is 15.1. The average molecular weight is 342 g/mol. The molecule has 2 N–H and O–H groups in total. The fourth-order valence-electron chi connectivity index (χ4n) is 3.03.